The summed E-state index contributed by atoms with van der Waals surface area (Å²) in [4.78, 5) is 34.2. The van der Waals surface area contributed by atoms with Gasteiger partial charge in [-0.2, -0.15) is 0 Å². The molecule has 25 heavy (non-hydrogen) atoms. The molecule has 8 heteroatoms. The van der Waals surface area contributed by atoms with Gasteiger partial charge in [-0.1, -0.05) is 13.8 Å². The van der Waals surface area contributed by atoms with E-state index < -0.39 is 28.8 Å². The van der Waals surface area contributed by atoms with Gasteiger partial charge in [-0.05, 0) is 38.8 Å². The van der Waals surface area contributed by atoms with Gasteiger partial charge in [-0.3, -0.25) is 15.4 Å². The third-order valence-electron chi connectivity index (χ3n) is 2.93. The fraction of sp³-hybridized carbons (Fsp3) is 0.529. The van der Waals surface area contributed by atoms with Gasteiger partial charge < -0.3 is 9.47 Å². The van der Waals surface area contributed by atoms with Crippen LogP contribution in [-0.2, 0) is 9.47 Å². The number of hydrogen-bond donors (Lipinski definition) is 1. The largest absolute Gasteiger partial charge is 0.444 e. The minimum absolute atomic E-state index is 0.123. The lowest BCUT2D eigenvalue weighted by molar-refractivity contribution is -0.384. The van der Waals surface area contributed by atoms with Crippen molar-refractivity contribution in [2.45, 2.75) is 52.9 Å². The van der Waals surface area contributed by atoms with Crippen LogP contribution in [0.25, 0.3) is 0 Å². The highest BCUT2D eigenvalue weighted by Gasteiger charge is 2.23. The molecule has 138 valence electrons. The molecule has 0 spiro atoms. The average Bonchev–Trinajstić information content (AvgIpc) is 2.44. The summed E-state index contributed by atoms with van der Waals surface area (Å²) in [5.41, 5.74) is -0.637. The molecular weight excluding hydrogens is 328 g/mol. The fourth-order valence-electron chi connectivity index (χ4n) is 1.92. The monoisotopic (exact) mass is 352 g/mol. The van der Waals surface area contributed by atoms with Gasteiger partial charge in [0.25, 0.3) is 5.69 Å². The van der Waals surface area contributed by atoms with Crippen molar-refractivity contribution in [3.05, 3.63) is 39.9 Å². The van der Waals surface area contributed by atoms with Crippen LogP contribution in [0.15, 0.2) is 24.3 Å². The molecule has 0 aromatic heterocycles. The highest BCUT2D eigenvalue weighted by atomic mass is 16.6. The molecule has 8 nitrogen and oxygen atoms in total. The number of nitrogens with one attached hydrogen (secondary N) is 1. The molecule has 0 bridgehead atoms. The van der Waals surface area contributed by atoms with Gasteiger partial charge in [0.2, 0.25) is 0 Å². The number of non-ortho nitro benzene ring substituents is 1. The number of hydrogen-bond acceptors (Lipinski definition) is 6. The number of amides is 1. The van der Waals surface area contributed by atoms with Crippen molar-refractivity contribution in [1.82, 2.24) is 5.32 Å². The smallest absolute Gasteiger partial charge is 0.410 e. The van der Waals surface area contributed by atoms with Gasteiger partial charge in [0, 0.05) is 18.6 Å². The third kappa shape index (κ3) is 7.65. The molecule has 1 amide bonds. The second-order valence-corrected chi connectivity index (χ2v) is 6.97. The zero-order chi connectivity index (χ0) is 19.2. The van der Waals surface area contributed by atoms with Crippen LogP contribution in [0.1, 0.15) is 51.4 Å². The Kier molecular flexibility index (Phi) is 6.90. The zero-order valence-electron chi connectivity index (χ0n) is 15.1. The predicted molar refractivity (Wildman–Crippen MR) is 91.1 cm³/mol. The van der Waals surface area contributed by atoms with Gasteiger partial charge >= 0.3 is 12.1 Å². The van der Waals surface area contributed by atoms with Crippen LogP contribution in [0.5, 0.6) is 0 Å². The number of nitrogens with zero attached hydrogens (tertiary/aromatic N) is 1. The van der Waals surface area contributed by atoms with Crippen LogP contribution in [0, 0.1) is 16.0 Å². The minimum Gasteiger partial charge on any atom is -0.444 e. The first kappa shape index (κ1) is 20.4. The van der Waals surface area contributed by atoms with E-state index in [2.05, 4.69) is 5.32 Å². The van der Waals surface area contributed by atoms with Crippen LogP contribution in [-0.4, -0.2) is 28.8 Å². The van der Waals surface area contributed by atoms with Crippen molar-refractivity contribution in [3.63, 3.8) is 0 Å². The zero-order valence-corrected chi connectivity index (χ0v) is 15.1. The van der Waals surface area contributed by atoms with E-state index in [-0.39, 0.29) is 17.2 Å². The Balaban J connectivity index is 2.77. The first-order valence-electron chi connectivity index (χ1n) is 7.93. The maximum absolute atomic E-state index is 12.2. The molecular formula is C17H24N2O6. The van der Waals surface area contributed by atoms with Crippen LogP contribution >= 0.6 is 0 Å². The lowest BCUT2D eigenvalue weighted by Gasteiger charge is -2.24. The summed E-state index contributed by atoms with van der Waals surface area (Å²) < 4.78 is 10.5. The van der Waals surface area contributed by atoms with E-state index in [1.165, 1.54) is 24.3 Å². The second-order valence-electron chi connectivity index (χ2n) is 6.97. The van der Waals surface area contributed by atoms with Crippen LogP contribution in [0.3, 0.4) is 0 Å². The van der Waals surface area contributed by atoms with Crippen molar-refractivity contribution >= 4 is 17.7 Å². The fourth-order valence-corrected chi connectivity index (χ4v) is 1.92. The Hall–Kier alpha value is -2.64. The van der Waals surface area contributed by atoms with Crippen molar-refractivity contribution in [2.24, 2.45) is 5.92 Å². The summed E-state index contributed by atoms with van der Waals surface area (Å²) in [6.45, 7) is 9.03. The highest BCUT2D eigenvalue weighted by molar-refractivity contribution is 5.89. The Bertz CT molecular complexity index is 619. The van der Waals surface area contributed by atoms with Gasteiger partial charge in [0.15, 0.2) is 6.23 Å². The minimum atomic E-state index is -0.863. The summed E-state index contributed by atoms with van der Waals surface area (Å²) in [5.74, 6) is -0.527. The molecule has 1 aromatic rings. The summed E-state index contributed by atoms with van der Waals surface area (Å²) in [7, 11) is 0. The molecule has 0 radical (unpaired) electrons. The highest BCUT2D eigenvalue weighted by Crippen LogP contribution is 2.15. The molecule has 0 saturated carbocycles. The molecule has 0 saturated heterocycles. The summed E-state index contributed by atoms with van der Waals surface area (Å²) in [5, 5.41) is 13.2. The van der Waals surface area contributed by atoms with Gasteiger partial charge in [0.05, 0.1) is 10.5 Å². The van der Waals surface area contributed by atoms with Gasteiger partial charge in [-0.25, -0.2) is 9.59 Å². The van der Waals surface area contributed by atoms with Gasteiger partial charge in [0.1, 0.15) is 5.60 Å². The van der Waals surface area contributed by atoms with E-state index in [0.717, 1.165) is 0 Å². The summed E-state index contributed by atoms with van der Waals surface area (Å²) >= 11 is 0. The van der Waals surface area contributed by atoms with Crippen molar-refractivity contribution < 1.29 is 24.0 Å². The number of nitro groups is 1. The topological polar surface area (TPSA) is 108 Å². The molecule has 1 rings (SSSR count). The number of carbonyl (C=O) groups excluding carboxylic acids is 2. The average molecular weight is 352 g/mol. The first-order chi connectivity index (χ1) is 11.5. The number of nitro benzene ring substituents is 1. The standard InChI is InChI=1S/C17H24N2O6/c1-11(2)10-14(18-16(21)25-17(3,4)5)24-15(20)12-6-8-13(9-7-12)19(22)23/h6-9,11,14H,10H2,1-5H3,(H,18,21). The first-order valence-corrected chi connectivity index (χ1v) is 7.93. The normalized spacial score (nSPS) is 12.4. The molecule has 0 aliphatic carbocycles. The number of alkyl carbamates (subject to hydrolysis) is 1. The molecule has 0 fully saturated rings. The van der Waals surface area contributed by atoms with E-state index in [9.17, 15) is 19.7 Å². The van der Waals surface area contributed by atoms with E-state index in [4.69, 9.17) is 9.47 Å². The number of ether oxygens (including phenoxy) is 2. The van der Waals surface area contributed by atoms with Crippen LogP contribution in [0.2, 0.25) is 0 Å². The maximum Gasteiger partial charge on any atom is 0.410 e. The van der Waals surface area contributed by atoms with Crippen molar-refractivity contribution in [1.29, 1.82) is 0 Å². The molecule has 0 aliphatic rings. The van der Waals surface area contributed by atoms with E-state index >= 15 is 0 Å². The number of benzene rings is 1. The Morgan fingerprint density at radius 3 is 2.20 bits per heavy atom. The molecule has 0 heterocycles. The Morgan fingerprint density at radius 1 is 1.20 bits per heavy atom. The number of rotatable bonds is 6. The molecule has 1 aromatic carbocycles. The molecule has 1 unspecified atom stereocenters. The molecule has 1 atom stereocenters. The van der Waals surface area contributed by atoms with Gasteiger partial charge in [-0.15, -0.1) is 0 Å². The van der Waals surface area contributed by atoms with E-state index in [1.54, 1.807) is 20.8 Å². The van der Waals surface area contributed by atoms with E-state index in [0.29, 0.717) is 6.42 Å². The molecule has 1 N–H and O–H groups in total. The van der Waals surface area contributed by atoms with Crippen molar-refractivity contribution in [2.75, 3.05) is 0 Å². The van der Waals surface area contributed by atoms with E-state index in [1.807, 2.05) is 13.8 Å². The van der Waals surface area contributed by atoms with Crippen LogP contribution in [0.4, 0.5) is 10.5 Å². The summed E-state index contributed by atoms with van der Waals surface area (Å²) in [6, 6.07) is 5.05. The third-order valence-corrected chi connectivity index (χ3v) is 2.93. The maximum atomic E-state index is 12.2. The predicted octanol–water partition coefficient (Wildman–Crippen LogP) is 3.65. The second kappa shape index (κ2) is 8.46. The quantitative estimate of drug-likeness (QED) is 0.362. The van der Waals surface area contributed by atoms with Crippen LogP contribution < -0.4 is 5.32 Å². The Labute approximate surface area is 146 Å². The van der Waals surface area contributed by atoms with Crippen molar-refractivity contribution in [3.8, 4) is 0 Å². The lowest BCUT2D eigenvalue weighted by atomic mass is 10.1. The number of esters is 1. The lowest BCUT2D eigenvalue weighted by Crippen LogP contribution is -2.42. The summed E-state index contributed by atoms with van der Waals surface area (Å²) in [6.07, 6.45) is -1.15. The molecule has 0 aliphatic heterocycles. The Morgan fingerprint density at radius 2 is 1.76 bits per heavy atom. The SMILES string of the molecule is CC(C)CC(NC(=O)OC(C)(C)C)OC(=O)c1ccc([N+](=O)[O-])cc1. The number of carbonyl (C=O) groups is 2.